The van der Waals surface area contributed by atoms with E-state index < -0.39 is 20.0 Å². The lowest BCUT2D eigenvalue weighted by Crippen LogP contribution is -2.54. The Morgan fingerprint density at radius 1 is 0.811 bits per heavy atom. The fourth-order valence-corrected chi connectivity index (χ4v) is 6.26. The highest BCUT2D eigenvalue weighted by molar-refractivity contribution is 6.74. The van der Waals surface area contributed by atoms with Gasteiger partial charge in [-0.05, 0) is 40.7 Å². The summed E-state index contributed by atoms with van der Waals surface area (Å²) in [7, 11) is -2.11. The largest absolute Gasteiger partial charge is 0.457 e. The van der Waals surface area contributed by atoms with Crippen LogP contribution in [0.2, 0.25) is 18.1 Å². The number of esters is 1. The van der Waals surface area contributed by atoms with Crippen LogP contribution in [0, 0.1) is 5.92 Å². The third kappa shape index (κ3) is 5.74. The van der Waals surface area contributed by atoms with Crippen molar-refractivity contribution < 1.29 is 18.7 Å². The van der Waals surface area contributed by atoms with Crippen molar-refractivity contribution in [3.63, 3.8) is 0 Å². The summed E-state index contributed by atoms with van der Waals surface area (Å²) in [6.45, 7) is 13.5. The molecule has 0 aromatic heterocycles. The minimum Gasteiger partial charge on any atom is -0.457 e. The molecular weight excluding hydrogens is 476 g/mol. The fraction of sp³-hybridized carbons (Fsp3) is 0.406. The molecule has 1 fully saturated rings. The molecule has 4 nitrogen and oxygen atoms in total. The average molecular weight is 517 g/mol. The van der Waals surface area contributed by atoms with Crippen molar-refractivity contribution in [1.82, 2.24) is 0 Å². The molecule has 0 unspecified atom stereocenters. The van der Waals surface area contributed by atoms with Gasteiger partial charge in [-0.15, -0.1) is 0 Å². The van der Waals surface area contributed by atoms with Crippen LogP contribution in [0.25, 0.3) is 0 Å². The summed E-state index contributed by atoms with van der Waals surface area (Å²) in [5.74, 6) is -0.149. The van der Waals surface area contributed by atoms with Crippen LogP contribution in [0.15, 0.2) is 91.0 Å². The molecule has 0 aliphatic carbocycles. The molecule has 0 bridgehead atoms. The molecule has 1 saturated heterocycles. The Balaban J connectivity index is 1.76. The highest BCUT2D eigenvalue weighted by Gasteiger charge is 2.47. The SMILES string of the molecule is C[C@H]1CC(=O)O[C@H](COC(c2ccccc2)(c2ccccc2)c2ccccc2)[C@@H]1O[Si](C)(C)C(C)(C)C. The van der Waals surface area contributed by atoms with Gasteiger partial charge in [-0.2, -0.15) is 0 Å². The normalized spacial score (nSPS) is 20.9. The quantitative estimate of drug-likeness (QED) is 0.179. The van der Waals surface area contributed by atoms with Crippen LogP contribution < -0.4 is 0 Å². The van der Waals surface area contributed by atoms with Gasteiger partial charge in [-0.25, -0.2) is 0 Å². The summed E-state index contributed by atoms with van der Waals surface area (Å²) in [5, 5.41) is 0.0431. The molecule has 0 amide bonds. The molecule has 1 aliphatic heterocycles. The first-order valence-corrected chi connectivity index (χ1v) is 16.1. The van der Waals surface area contributed by atoms with Crippen LogP contribution in [0.5, 0.6) is 0 Å². The Morgan fingerprint density at radius 3 is 1.65 bits per heavy atom. The molecule has 3 atom stereocenters. The molecule has 3 aromatic rings. The van der Waals surface area contributed by atoms with Gasteiger partial charge in [0.1, 0.15) is 5.60 Å². The Kier molecular flexibility index (Phi) is 8.07. The average Bonchev–Trinajstić information content (AvgIpc) is 2.87. The summed E-state index contributed by atoms with van der Waals surface area (Å²) >= 11 is 0. The molecule has 3 aromatic carbocycles. The van der Waals surface area contributed by atoms with Gasteiger partial charge in [0, 0.05) is 0 Å². The lowest BCUT2D eigenvalue weighted by Gasteiger charge is -2.45. The monoisotopic (exact) mass is 516 g/mol. The zero-order valence-corrected chi connectivity index (χ0v) is 23.9. The van der Waals surface area contributed by atoms with Gasteiger partial charge in [-0.1, -0.05) is 119 Å². The van der Waals surface area contributed by atoms with E-state index in [0.717, 1.165) is 16.7 Å². The number of carbonyl (C=O) groups is 1. The molecule has 196 valence electrons. The highest BCUT2D eigenvalue weighted by Crippen LogP contribution is 2.43. The molecule has 0 N–H and O–H groups in total. The second-order valence-corrected chi connectivity index (χ2v) is 16.4. The first kappa shape index (κ1) is 27.3. The van der Waals surface area contributed by atoms with Gasteiger partial charge in [0.2, 0.25) is 0 Å². The van der Waals surface area contributed by atoms with E-state index in [-0.39, 0.29) is 29.6 Å². The van der Waals surface area contributed by atoms with E-state index >= 15 is 0 Å². The summed E-state index contributed by atoms with van der Waals surface area (Å²) in [5.41, 5.74) is 2.18. The maximum Gasteiger partial charge on any atom is 0.306 e. The first-order valence-electron chi connectivity index (χ1n) is 13.2. The van der Waals surface area contributed by atoms with Gasteiger partial charge in [0.05, 0.1) is 19.1 Å². The van der Waals surface area contributed by atoms with Crippen LogP contribution in [0.3, 0.4) is 0 Å². The molecule has 1 heterocycles. The van der Waals surface area contributed by atoms with Crippen molar-refractivity contribution in [3.05, 3.63) is 108 Å². The number of benzene rings is 3. The summed E-state index contributed by atoms with van der Waals surface area (Å²) < 4.78 is 19.9. The van der Waals surface area contributed by atoms with Gasteiger partial charge in [-0.3, -0.25) is 4.79 Å². The maximum absolute atomic E-state index is 12.6. The van der Waals surface area contributed by atoms with Crippen LogP contribution in [-0.4, -0.2) is 33.1 Å². The van der Waals surface area contributed by atoms with E-state index in [1.165, 1.54) is 0 Å². The Morgan fingerprint density at radius 2 is 1.24 bits per heavy atom. The maximum atomic E-state index is 12.6. The van der Waals surface area contributed by atoms with Crippen LogP contribution in [0.4, 0.5) is 0 Å². The Hall–Kier alpha value is -2.73. The van der Waals surface area contributed by atoms with Crippen molar-refractivity contribution in [2.75, 3.05) is 6.61 Å². The molecule has 0 saturated carbocycles. The zero-order chi connectivity index (χ0) is 26.7. The predicted molar refractivity (Wildman–Crippen MR) is 151 cm³/mol. The van der Waals surface area contributed by atoms with Gasteiger partial charge >= 0.3 is 5.97 Å². The second kappa shape index (κ2) is 10.9. The molecule has 0 spiro atoms. The lowest BCUT2D eigenvalue weighted by atomic mass is 9.80. The van der Waals surface area contributed by atoms with Gasteiger partial charge in [0.25, 0.3) is 0 Å². The standard InChI is InChI=1S/C32H40O4Si/c1-24-22-29(33)35-28(30(24)36-37(5,6)31(2,3)4)23-34-32(25-16-10-7-11-17-25,26-18-12-8-13-19-26)27-20-14-9-15-21-27/h7-21,24,28,30H,22-23H2,1-6H3/t24-,28+,30+/m0/s1. The van der Waals surface area contributed by atoms with Crippen LogP contribution in [0.1, 0.15) is 50.8 Å². The third-order valence-electron chi connectivity index (χ3n) is 7.94. The highest BCUT2D eigenvalue weighted by atomic mass is 28.4. The van der Waals surface area contributed by atoms with E-state index in [1.807, 2.05) is 54.6 Å². The number of hydrogen-bond donors (Lipinski definition) is 0. The van der Waals surface area contributed by atoms with E-state index in [4.69, 9.17) is 13.9 Å². The predicted octanol–water partition coefficient (Wildman–Crippen LogP) is 7.34. The summed E-state index contributed by atoms with van der Waals surface area (Å²) in [6, 6.07) is 30.8. The summed E-state index contributed by atoms with van der Waals surface area (Å²) in [4.78, 5) is 12.6. The molecule has 37 heavy (non-hydrogen) atoms. The number of cyclic esters (lactones) is 1. The Labute approximate surface area is 223 Å². The topological polar surface area (TPSA) is 44.8 Å². The first-order chi connectivity index (χ1) is 17.5. The molecule has 0 radical (unpaired) electrons. The third-order valence-corrected chi connectivity index (χ3v) is 12.4. The van der Waals surface area contributed by atoms with Crippen molar-refractivity contribution in [2.45, 2.75) is 70.1 Å². The van der Waals surface area contributed by atoms with Crippen molar-refractivity contribution in [1.29, 1.82) is 0 Å². The Bertz CT molecular complexity index is 1060. The molecule has 5 heteroatoms. The summed E-state index contributed by atoms with van der Waals surface area (Å²) in [6.07, 6.45) is -0.365. The minimum absolute atomic E-state index is 0.0431. The van der Waals surface area contributed by atoms with Gasteiger partial charge in [0.15, 0.2) is 14.4 Å². The number of ether oxygens (including phenoxy) is 2. The number of rotatable bonds is 8. The van der Waals surface area contributed by atoms with E-state index in [2.05, 4.69) is 77.2 Å². The second-order valence-electron chi connectivity index (χ2n) is 11.6. The lowest BCUT2D eigenvalue weighted by molar-refractivity contribution is -0.178. The van der Waals surface area contributed by atoms with E-state index in [1.54, 1.807) is 0 Å². The minimum atomic E-state index is -2.11. The van der Waals surface area contributed by atoms with Crippen molar-refractivity contribution in [3.8, 4) is 0 Å². The van der Waals surface area contributed by atoms with Crippen molar-refractivity contribution >= 4 is 14.3 Å². The van der Waals surface area contributed by atoms with E-state index in [9.17, 15) is 4.79 Å². The van der Waals surface area contributed by atoms with Gasteiger partial charge < -0.3 is 13.9 Å². The van der Waals surface area contributed by atoms with Crippen LogP contribution in [-0.2, 0) is 24.3 Å². The zero-order valence-electron chi connectivity index (χ0n) is 22.9. The molecule has 1 aliphatic rings. The van der Waals surface area contributed by atoms with Crippen LogP contribution >= 0.6 is 0 Å². The smallest absolute Gasteiger partial charge is 0.306 e. The number of hydrogen-bond acceptors (Lipinski definition) is 4. The molecular formula is C32H40O4Si. The molecule has 4 rings (SSSR count). The van der Waals surface area contributed by atoms with E-state index in [0.29, 0.717) is 6.42 Å². The van der Waals surface area contributed by atoms with Crippen molar-refractivity contribution in [2.24, 2.45) is 5.92 Å². The fourth-order valence-electron chi connectivity index (χ4n) is 4.84. The number of carbonyl (C=O) groups excluding carboxylic acids is 1.